The Morgan fingerprint density at radius 3 is 2.42 bits per heavy atom. The highest BCUT2D eigenvalue weighted by molar-refractivity contribution is 5.96. The Balaban J connectivity index is 2.23. The number of nitrogens with two attached hydrogens (primary N) is 1. The molecule has 0 bridgehead atoms. The molecule has 0 atom stereocenters. The summed E-state index contributed by atoms with van der Waals surface area (Å²) < 4.78 is 1.90. The first kappa shape index (κ1) is 11.5. The third-order valence-electron chi connectivity index (χ3n) is 3.20. The number of carbonyl (C=O) groups is 1. The van der Waals surface area contributed by atoms with Gasteiger partial charge in [0.2, 0.25) is 5.91 Å². The van der Waals surface area contributed by atoms with Gasteiger partial charge in [-0.2, -0.15) is 0 Å². The van der Waals surface area contributed by atoms with E-state index < -0.39 is 0 Å². The molecule has 0 aliphatic rings. The number of hydrogen-bond acceptors (Lipinski definition) is 1. The first-order chi connectivity index (χ1) is 9.25. The number of para-hydroxylation sites is 1. The van der Waals surface area contributed by atoms with E-state index in [-0.39, 0.29) is 12.5 Å². The van der Waals surface area contributed by atoms with Crippen LogP contribution in [0.3, 0.4) is 0 Å². The van der Waals surface area contributed by atoms with Gasteiger partial charge in [-0.3, -0.25) is 4.79 Å². The lowest BCUT2D eigenvalue weighted by Crippen LogP contribution is -2.17. The minimum atomic E-state index is -0.333. The van der Waals surface area contributed by atoms with Gasteiger partial charge in [0.15, 0.2) is 0 Å². The van der Waals surface area contributed by atoms with Gasteiger partial charge in [-0.1, -0.05) is 48.5 Å². The maximum Gasteiger partial charge on any atom is 0.237 e. The smallest absolute Gasteiger partial charge is 0.237 e. The van der Waals surface area contributed by atoms with Crippen LogP contribution in [0.5, 0.6) is 0 Å². The largest absolute Gasteiger partial charge is 0.368 e. The molecule has 0 aliphatic heterocycles. The van der Waals surface area contributed by atoms with E-state index in [4.69, 9.17) is 5.73 Å². The number of fused-ring (bicyclic) bond motifs is 1. The Kier molecular flexibility index (Phi) is 2.80. The van der Waals surface area contributed by atoms with Crippen LogP contribution in [0.15, 0.2) is 60.8 Å². The second kappa shape index (κ2) is 4.61. The average molecular weight is 250 g/mol. The molecule has 0 saturated carbocycles. The molecular weight excluding hydrogens is 236 g/mol. The number of hydrogen-bond donors (Lipinski definition) is 1. The Bertz CT molecular complexity index is 729. The zero-order valence-corrected chi connectivity index (χ0v) is 10.4. The summed E-state index contributed by atoms with van der Waals surface area (Å²) >= 11 is 0. The molecule has 0 radical (unpaired) electrons. The molecule has 1 heterocycles. The molecule has 3 heteroatoms. The third kappa shape index (κ3) is 2.10. The van der Waals surface area contributed by atoms with Crippen molar-refractivity contribution < 1.29 is 4.79 Å². The number of aromatic nitrogens is 1. The van der Waals surface area contributed by atoms with Crippen LogP contribution in [0.25, 0.3) is 22.0 Å². The number of benzene rings is 2. The summed E-state index contributed by atoms with van der Waals surface area (Å²) in [4.78, 5) is 11.2. The fourth-order valence-electron chi connectivity index (χ4n) is 2.39. The van der Waals surface area contributed by atoms with Crippen LogP contribution in [0.1, 0.15) is 0 Å². The molecule has 2 aromatic carbocycles. The topological polar surface area (TPSA) is 48.0 Å². The van der Waals surface area contributed by atoms with Crippen molar-refractivity contribution >= 4 is 16.8 Å². The Morgan fingerprint density at radius 1 is 1.00 bits per heavy atom. The molecule has 0 spiro atoms. The monoisotopic (exact) mass is 250 g/mol. The highest BCUT2D eigenvalue weighted by Crippen LogP contribution is 2.30. The molecule has 0 aliphatic carbocycles. The molecule has 3 rings (SSSR count). The first-order valence-corrected chi connectivity index (χ1v) is 6.17. The minimum absolute atomic E-state index is 0.202. The summed E-state index contributed by atoms with van der Waals surface area (Å²) in [6.07, 6.45) is 1.99. The molecular formula is C16H14N2O. The van der Waals surface area contributed by atoms with Crippen molar-refractivity contribution in [3.63, 3.8) is 0 Å². The van der Waals surface area contributed by atoms with Gasteiger partial charge in [-0.25, -0.2) is 0 Å². The van der Waals surface area contributed by atoms with Gasteiger partial charge in [0.25, 0.3) is 0 Å². The zero-order valence-electron chi connectivity index (χ0n) is 10.4. The van der Waals surface area contributed by atoms with E-state index in [1.807, 2.05) is 47.2 Å². The molecule has 0 fully saturated rings. The lowest BCUT2D eigenvalue weighted by Gasteiger charge is -2.00. The van der Waals surface area contributed by atoms with Crippen LogP contribution in [0, 0.1) is 0 Å². The molecule has 94 valence electrons. The van der Waals surface area contributed by atoms with Crippen molar-refractivity contribution in [3.8, 4) is 11.1 Å². The maximum absolute atomic E-state index is 11.2. The van der Waals surface area contributed by atoms with Gasteiger partial charge in [-0.15, -0.1) is 0 Å². The van der Waals surface area contributed by atoms with Crippen molar-refractivity contribution in [1.82, 2.24) is 4.57 Å². The summed E-state index contributed by atoms with van der Waals surface area (Å²) in [6.45, 7) is 0.202. The summed E-state index contributed by atoms with van der Waals surface area (Å²) in [7, 11) is 0. The van der Waals surface area contributed by atoms with E-state index >= 15 is 0 Å². The van der Waals surface area contributed by atoms with Crippen LogP contribution in [0.4, 0.5) is 0 Å². The standard InChI is InChI=1S/C16H14N2O/c17-16(19)11-18-10-14(12-6-2-1-3-7-12)13-8-4-5-9-15(13)18/h1-10H,11H2,(H2,17,19). The lowest BCUT2D eigenvalue weighted by atomic mass is 10.1. The number of carbonyl (C=O) groups excluding carboxylic acids is 1. The number of primary amides is 1. The zero-order chi connectivity index (χ0) is 13.2. The highest BCUT2D eigenvalue weighted by atomic mass is 16.1. The van der Waals surface area contributed by atoms with Crippen molar-refractivity contribution in [2.75, 3.05) is 0 Å². The van der Waals surface area contributed by atoms with Crippen LogP contribution in [0.2, 0.25) is 0 Å². The number of nitrogens with zero attached hydrogens (tertiary/aromatic N) is 1. The first-order valence-electron chi connectivity index (χ1n) is 6.17. The predicted molar refractivity (Wildman–Crippen MR) is 76.6 cm³/mol. The molecule has 3 aromatic rings. The Labute approximate surface area is 111 Å². The fourth-order valence-corrected chi connectivity index (χ4v) is 2.39. The van der Waals surface area contributed by atoms with Crippen molar-refractivity contribution in [3.05, 3.63) is 60.8 Å². The average Bonchev–Trinajstić information content (AvgIpc) is 2.78. The van der Waals surface area contributed by atoms with Gasteiger partial charge in [0, 0.05) is 22.7 Å². The minimum Gasteiger partial charge on any atom is -0.368 e. The molecule has 1 amide bonds. The highest BCUT2D eigenvalue weighted by Gasteiger charge is 2.10. The van der Waals surface area contributed by atoms with Crippen molar-refractivity contribution in [1.29, 1.82) is 0 Å². The quantitative estimate of drug-likeness (QED) is 0.763. The summed E-state index contributed by atoms with van der Waals surface area (Å²) in [5.41, 5.74) is 8.59. The summed E-state index contributed by atoms with van der Waals surface area (Å²) in [5.74, 6) is -0.333. The normalized spacial score (nSPS) is 10.7. The number of rotatable bonds is 3. The van der Waals surface area contributed by atoms with Gasteiger partial charge in [0.1, 0.15) is 6.54 Å². The molecule has 3 nitrogen and oxygen atoms in total. The Hall–Kier alpha value is -2.55. The second-order valence-corrected chi connectivity index (χ2v) is 4.52. The van der Waals surface area contributed by atoms with E-state index in [0.29, 0.717) is 0 Å². The van der Waals surface area contributed by atoms with E-state index in [9.17, 15) is 4.79 Å². The lowest BCUT2D eigenvalue weighted by molar-refractivity contribution is -0.118. The van der Waals surface area contributed by atoms with Gasteiger partial charge >= 0.3 is 0 Å². The van der Waals surface area contributed by atoms with Crippen LogP contribution < -0.4 is 5.73 Å². The van der Waals surface area contributed by atoms with Crippen LogP contribution in [-0.4, -0.2) is 10.5 Å². The molecule has 0 unspecified atom stereocenters. The van der Waals surface area contributed by atoms with Crippen LogP contribution >= 0.6 is 0 Å². The van der Waals surface area contributed by atoms with Crippen molar-refractivity contribution in [2.45, 2.75) is 6.54 Å². The second-order valence-electron chi connectivity index (χ2n) is 4.52. The van der Waals surface area contributed by atoms with E-state index in [1.54, 1.807) is 0 Å². The Morgan fingerprint density at radius 2 is 1.68 bits per heavy atom. The summed E-state index contributed by atoms with van der Waals surface area (Å²) in [5, 5.41) is 1.13. The summed E-state index contributed by atoms with van der Waals surface area (Å²) in [6, 6.07) is 18.2. The maximum atomic E-state index is 11.2. The van der Waals surface area contributed by atoms with Crippen LogP contribution in [-0.2, 0) is 11.3 Å². The van der Waals surface area contributed by atoms with Gasteiger partial charge in [0.05, 0.1) is 0 Å². The SMILES string of the molecule is NC(=O)Cn1cc(-c2ccccc2)c2ccccc21. The van der Waals surface area contributed by atoms with Gasteiger partial charge in [-0.05, 0) is 11.6 Å². The van der Waals surface area contributed by atoms with E-state index in [1.165, 1.54) is 0 Å². The van der Waals surface area contributed by atoms with E-state index in [0.717, 1.165) is 22.0 Å². The predicted octanol–water partition coefficient (Wildman–Crippen LogP) is 2.79. The molecule has 2 N–H and O–H groups in total. The third-order valence-corrected chi connectivity index (χ3v) is 3.20. The number of amides is 1. The molecule has 19 heavy (non-hydrogen) atoms. The van der Waals surface area contributed by atoms with Gasteiger partial charge < -0.3 is 10.3 Å². The fraction of sp³-hybridized carbons (Fsp3) is 0.0625. The molecule has 1 aromatic heterocycles. The van der Waals surface area contributed by atoms with Crippen molar-refractivity contribution in [2.24, 2.45) is 5.73 Å². The van der Waals surface area contributed by atoms with E-state index in [2.05, 4.69) is 18.2 Å². The molecule has 0 saturated heterocycles.